The smallest absolute Gasteiger partial charge is 0.0873 e. The summed E-state index contributed by atoms with van der Waals surface area (Å²) >= 11 is 5.59. The lowest BCUT2D eigenvalue weighted by Gasteiger charge is -2.25. The molecule has 0 heterocycles. The van der Waals surface area contributed by atoms with Crippen LogP contribution in [0.5, 0.6) is 0 Å². The maximum absolute atomic E-state index is 9.16. The van der Waals surface area contributed by atoms with E-state index in [2.05, 4.69) is 0 Å². The number of halogens is 1. The van der Waals surface area contributed by atoms with E-state index in [4.69, 9.17) is 21.8 Å². The third kappa shape index (κ3) is 3.04. The van der Waals surface area contributed by atoms with Crippen molar-refractivity contribution in [3.8, 4) is 0 Å². The molecule has 0 aromatic carbocycles. The van der Waals surface area contributed by atoms with Crippen LogP contribution in [0.15, 0.2) is 0 Å². The number of aliphatic hydroxyl groups is 2. The van der Waals surface area contributed by atoms with Crippen LogP contribution in [0.2, 0.25) is 0 Å². The summed E-state index contributed by atoms with van der Waals surface area (Å²) < 4.78 is 0. The summed E-state index contributed by atoms with van der Waals surface area (Å²) in [7, 11) is 0. The molecular weight excluding hydrogens is 140 g/mol. The second-order valence-electron chi connectivity index (χ2n) is 2.80. The fraction of sp³-hybridized carbons (Fsp3) is 1.00. The molecule has 9 heavy (non-hydrogen) atoms. The van der Waals surface area contributed by atoms with Crippen molar-refractivity contribution in [3.63, 3.8) is 0 Å². The Labute approximate surface area is 60.5 Å². The van der Waals surface area contributed by atoms with E-state index in [0.717, 1.165) is 0 Å². The largest absolute Gasteiger partial charge is 0.392 e. The standard InChI is InChI=1S/C6H13ClO2/c1-4(8)5(7)6(2,3)9/h4-5,8-9H,1-3H3. The molecule has 2 nitrogen and oxygen atoms in total. The zero-order valence-corrected chi connectivity index (χ0v) is 6.68. The van der Waals surface area contributed by atoms with Gasteiger partial charge in [-0.15, -0.1) is 11.6 Å². The quantitative estimate of drug-likeness (QED) is 0.574. The Kier molecular flexibility index (Phi) is 2.93. The van der Waals surface area contributed by atoms with Crippen LogP contribution < -0.4 is 0 Å². The lowest BCUT2D eigenvalue weighted by Crippen LogP contribution is -2.39. The predicted molar refractivity (Wildman–Crippen MR) is 37.6 cm³/mol. The topological polar surface area (TPSA) is 40.5 Å². The molecule has 0 amide bonds. The van der Waals surface area contributed by atoms with Crippen LogP contribution in [-0.4, -0.2) is 27.3 Å². The highest BCUT2D eigenvalue weighted by Crippen LogP contribution is 2.17. The normalized spacial score (nSPS) is 19.3. The first-order chi connectivity index (χ1) is 3.85. The van der Waals surface area contributed by atoms with Crippen LogP contribution in [0.1, 0.15) is 20.8 Å². The van der Waals surface area contributed by atoms with Gasteiger partial charge in [0.25, 0.3) is 0 Å². The summed E-state index contributed by atoms with van der Waals surface area (Å²) in [5.41, 5.74) is -1.00. The highest BCUT2D eigenvalue weighted by molar-refractivity contribution is 6.21. The van der Waals surface area contributed by atoms with Crippen molar-refractivity contribution < 1.29 is 10.2 Å². The highest BCUT2D eigenvalue weighted by Gasteiger charge is 2.28. The molecule has 2 unspecified atom stereocenters. The second-order valence-corrected chi connectivity index (χ2v) is 3.27. The summed E-state index contributed by atoms with van der Waals surface area (Å²) in [6.45, 7) is 4.68. The van der Waals surface area contributed by atoms with E-state index in [1.165, 1.54) is 0 Å². The zero-order chi connectivity index (χ0) is 7.65. The third-order valence-corrected chi connectivity index (χ3v) is 2.00. The Hall–Kier alpha value is 0.210. The first-order valence-corrected chi connectivity index (χ1v) is 3.34. The molecule has 0 aromatic rings. The summed E-state index contributed by atoms with van der Waals surface area (Å²) in [6, 6.07) is 0. The van der Waals surface area contributed by atoms with E-state index in [1.54, 1.807) is 20.8 Å². The Morgan fingerprint density at radius 2 is 1.78 bits per heavy atom. The summed E-state index contributed by atoms with van der Waals surface area (Å²) in [5, 5.41) is 17.4. The third-order valence-electron chi connectivity index (χ3n) is 1.10. The molecule has 0 aromatic heterocycles. The van der Waals surface area contributed by atoms with Crippen LogP contribution in [0.4, 0.5) is 0 Å². The molecule has 0 aliphatic rings. The van der Waals surface area contributed by atoms with E-state index in [-0.39, 0.29) is 0 Å². The van der Waals surface area contributed by atoms with Crippen molar-refractivity contribution in [1.29, 1.82) is 0 Å². The summed E-state index contributed by atoms with van der Waals surface area (Å²) in [5.74, 6) is 0. The average Bonchev–Trinajstić information content (AvgIpc) is 1.62. The SMILES string of the molecule is CC(O)C(Cl)C(C)(C)O. The van der Waals surface area contributed by atoms with Gasteiger partial charge in [0.1, 0.15) is 0 Å². The Balaban J connectivity index is 3.88. The molecule has 3 heteroatoms. The van der Waals surface area contributed by atoms with Gasteiger partial charge >= 0.3 is 0 Å². The Bertz CT molecular complexity index is 85.5. The summed E-state index contributed by atoms with van der Waals surface area (Å²) in [6.07, 6.45) is -0.674. The second kappa shape index (κ2) is 2.86. The zero-order valence-electron chi connectivity index (χ0n) is 5.93. The van der Waals surface area contributed by atoms with Crippen LogP contribution in [0.25, 0.3) is 0 Å². The molecule has 0 aliphatic heterocycles. The Morgan fingerprint density at radius 1 is 1.44 bits per heavy atom. The number of hydrogen-bond donors (Lipinski definition) is 2. The molecule has 0 saturated heterocycles. The van der Waals surface area contributed by atoms with Crippen LogP contribution in [0.3, 0.4) is 0 Å². The fourth-order valence-corrected chi connectivity index (χ4v) is 0.590. The number of alkyl halides is 1. The average molecular weight is 153 g/mol. The molecule has 0 rings (SSSR count). The van der Waals surface area contributed by atoms with Crippen LogP contribution in [0, 0.1) is 0 Å². The van der Waals surface area contributed by atoms with E-state index < -0.39 is 17.1 Å². The van der Waals surface area contributed by atoms with E-state index in [0.29, 0.717) is 0 Å². The van der Waals surface area contributed by atoms with E-state index in [9.17, 15) is 0 Å². The van der Waals surface area contributed by atoms with E-state index in [1.807, 2.05) is 0 Å². The highest BCUT2D eigenvalue weighted by atomic mass is 35.5. The monoisotopic (exact) mass is 152 g/mol. The van der Waals surface area contributed by atoms with Crippen molar-refractivity contribution >= 4 is 11.6 Å². The van der Waals surface area contributed by atoms with Crippen molar-refractivity contribution in [2.75, 3.05) is 0 Å². The molecule has 0 aliphatic carbocycles. The van der Waals surface area contributed by atoms with Gasteiger partial charge < -0.3 is 10.2 Å². The van der Waals surface area contributed by atoms with Crippen molar-refractivity contribution in [2.45, 2.75) is 37.9 Å². The van der Waals surface area contributed by atoms with Gasteiger partial charge in [-0.3, -0.25) is 0 Å². The number of aliphatic hydroxyl groups excluding tert-OH is 1. The minimum atomic E-state index is -1.00. The lowest BCUT2D eigenvalue weighted by molar-refractivity contribution is 0.0302. The molecule has 56 valence electrons. The molecule has 0 bridgehead atoms. The van der Waals surface area contributed by atoms with Gasteiger partial charge in [-0.1, -0.05) is 0 Å². The van der Waals surface area contributed by atoms with Gasteiger partial charge in [0.05, 0.1) is 17.1 Å². The first kappa shape index (κ1) is 9.21. The lowest BCUT2D eigenvalue weighted by atomic mass is 10.0. The Morgan fingerprint density at radius 3 is 1.78 bits per heavy atom. The van der Waals surface area contributed by atoms with Crippen molar-refractivity contribution in [3.05, 3.63) is 0 Å². The van der Waals surface area contributed by atoms with Gasteiger partial charge in [-0.2, -0.15) is 0 Å². The van der Waals surface area contributed by atoms with Crippen LogP contribution >= 0.6 is 11.6 Å². The van der Waals surface area contributed by atoms with Crippen molar-refractivity contribution in [1.82, 2.24) is 0 Å². The fourth-order valence-electron chi connectivity index (χ4n) is 0.590. The molecule has 0 spiro atoms. The summed E-state index contributed by atoms with van der Waals surface area (Å²) in [4.78, 5) is 0. The van der Waals surface area contributed by atoms with Crippen molar-refractivity contribution in [2.24, 2.45) is 0 Å². The van der Waals surface area contributed by atoms with Gasteiger partial charge in [0.15, 0.2) is 0 Å². The first-order valence-electron chi connectivity index (χ1n) is 2.90. The molecule has 0 radical (unpaired) electrons. The van der Waals surface area contributed by atoms with Crippen LogP contribution in [-0.2, 0) is 0 Å². The minimum Gasteiger partial charge on any atom is -0.392 e. The molecule has 2 N–H and O–H groups in total. The predicted octanol–water partition coefficient (Wildman–Crippen LogP) is 0.745. The van der Waals surface area contributed by atoms with Gasteiger partial charge in [0.2, 0.25) is 0 Å². The van der Waals surface area contributed by atoms with Gasteiger partial charge in [-0.05, 0) is 20.8 Å². The maximum atomic E-state index is 9.16. The molecule has 2 atom stereocenters. The van der Waals surface area contributed by atoms with Gasteiger partial charge in [0, 0.05) is 0 Å². The van der Waals surface area contributed by atoms with Gasteiger partial charge in [-0.25, -0.2) is 0 Å². The number of rotatable bonds is 2. The minimum absolute atomic E-state index is 0.600. The molecule has 0 saturated carbocycles. The maximum Gasteiger partial charge on any atom is 0.0873 e. The van der Waals surface area contributed by atoms with E-state index >= 15 is 0 Å². The molecular formula is C6H13ClO2. The molecule has 0 fully saturated rings. The number of hydrogen-bond acceptors (Lipinski definition) is 2.